The van der Waals surface area contributed by atoms with E-state index < -0.39 is 36.8 Å². The Bertz CT molecular complexity index is 573. The van der Waals surface area contributed by atoms with Crippen LogP contribution in [0.3, 0.4) is 0 Å². The molecule has 1 aromatic heterocycles. The van der Waals surface area contributed by atoms with Crippen LogP contribution in [0.2, 0.25) is 0 Å². The molecule has 3 heterocycles. The molecule has 0 aliphatic carbocycles. The minimum Gasteiger partial charge on any atom is -0.394 e. The predicted octanol–water partition coefficient (Wildman–Crippen LogP) is -2.31. The van der Waals surface area contributed by atoms with Crippen molar-refractivity contribution in [2.24, 2.45) is 0 Å². The highest BCUT2D eigenvalue weighted by Crippen LogP contribution is 2.28. The van der Waals surface area contributed by atoms with Gasteiger partial charge in [0.15, 0.2) is 6.23 Å². The van der Waals surface area contributed by atoms with Crippen molar-refractivity contribution in [2.75, 3.05) is 37.8 Å². The summed E-state index contributed by atoms with van der Waals surface area (Å²) in [6, 6.07) is 1.65. The van der Waals surface area contributed by atoms with Crippen molar-refractivity contribution < 1.29 is 24.8 Å². The molecule has 0 amide bonds. The standard InChI is InChI=1S/C13H19N3O6/c17-7-8-10(18)11(19)12(22-8)16-2-1-9(14-13(16)20)15-3-5-21-6-4-15/h1-2,8,10-12,17-19H,3-7H2/t8-,10-,11-,12-/m1/s1. The van der Waals surface area contributed by atoms with Crippen molar-refractivity contribution in [3.05, 3.63) is 22.7 Å². The Hall–Kier alpha value is -1.52. The topological polar surface area (TPSA) is 117 Å². The minimum absolute atomic E-state index is 0.442. The highest BCUT2D eigenvalue weighted by Gasteiger charge is 2.43. The fourth-order valence-electron chi connectivity index (χ4n) is 2.68. The summed E-state index contributed by atoms with van der Waals surface area (Å²) in [5, 5.41) is 28.8. The summed E-state index contributed by atoms with van der Waals surface area (Å²) in [6.07, 6.45) is -3.07. The molecule has 2 aliphatic heterocycles. The third-order valence-corrected chi connectivity index (χ3v) is 3.94. The highest BCUT2D eigenvalue weighted by atomic mass is 16.6. The Balaban J connectivity index is 1.82. The lowest BCUT2D eigenvalue weighted by Gasteiger charge is -2.28. The Kier molecular flexibility index (Phi) is 4.41. The number of aliphatic hydroxyl groups excluding tert-OH is 3. The molecule has 1 aromatic rings. The summed E-state index contributed by atoms with van der Waals surface area (Å²) in [4.78, 5) is 18.1. The molecule has 22 heavy (non-hydrogen) atoms. The Morgan fingerprint density at radius 3 is 2.59 bits per heavy atom. The van der Waals surface area contributed by atoms with Crippen molar-refractivity contribution in [3.63, 3.8) is 0 Å². The smallest absolute Gasteiger partial charge is 0.351 e. The Labute approximate surface area is 126 Å². The Morgan fingerprint density at radius 2 is 2.00 bits per heavy atom. The van der Waals surface area contributed by atoms with E-state index in [0.717, 1.165) is 4.57 Å². The lowest BCUT2D eigenvalue weighted by atomic mass is 10.1. The summed E-state index contributed by atoms with van der Waals surface area (Å²) in [5.41, 5.74) is -0.584. The van der Waals surface area contributed by atoms with Crippen molar-refractivity contribution in [1.82, 2.24) is 9.55 Å². The average Bonchev–Trinajstić information content (AvgIpc) is 2.83. The SMILES string of the molecule is O=c1nc(N2CCOCC2)ccn1[C@@H]1O[C@H](CO)[C@@H](O)[C@H]1O. The molecule has 0 radical (unpaired) electrons. The van der Waals surface area contributed by atoms with Crippen LogP contribution in [-0.2, 0) is 9.47 Å². The van der Waals surface area contributed by atoms with Crippen molar-refractivity contribution in [2.45, 2.75) is 24.5 Å². The van der Waals surface area contributed by atoms with Crippen LogP contribution in [0.25, 0.3) is 0 Å². The van der Waals surface area contributed by atoms with Crippen LogP contribution in [-0.4, -0.2) is 76.1 Å². The minimum atomic E-state index is -1.30. The van der Waals surface area contributed by atoms with E-state index >= 15 is 0 Å². The summed E-state index contributed by atoms with van der Waals surface area (Å²) in [6.45, 7) is 2.04. The van der Waals surface area contributed by atoms with Crippen LogP contribution in [0, 0.1) is 0 Å². The quantitative estimate of drug-likeness (QED) is 0.570. The first-order valence-corrected chi connectivity index (χ1v) is 7.16. The lowest BCUT2D eigenvalue weighted by Crippen LogP contribution is -2.40. The van der Waals surface area contributed by atoms with Gasteiger partial charge in [0.05, 0.1) is 19.8 Å². The zero-order valence-electron chi connectivity index (χ0n) is 11.9. The van der Waals surface area contributed by atoms with Gasteiger partial charge >= 0.3 is 5.69 Å². The van der Waals surface area contributed by atoms with Gasteiger partial charge in [-0.2, -0.15) is 4.98 Å². The molecule has 0 spiro atoms. The average molecular weight is 313 g/mol. The van der Waals surface area contributed by atoms with Crippen molar-refractivity contribution in [3.8, 4) is 0 Å². The van der Waals surface area contributed by atoms with E-state index in [1.165, 1.54) is 6.20 Å². The molecule has 2 saturated heterocycles. The molecule has 122 valence electrons. The van der Waals surface area contributed by atoms with Crippen LogP contribution in [0.15, 0.2) is 17.1 Å². The second kappa shape index (κ2) is 6.31. The summed E-state index contributed by atoms with van der Waals surface area (Å²) in [5.74, 6) is 0.538. The second-order valence-electron chi connectivity index (χ2n) is 5.30. The van der Waals surface area contributed by atoms with E-state index in [4.69, 9.17) is 14.6 Å². The van der Waals surface area contributed by atoms with Gasteiger partial charge in [0, 0.05) is 19.3 Å². The first kappa shape index (κ1) is 15.4. The van der Waals surface area contributed by atoms with E-state index in [2.05, 4.69) is 4.98 Å². The zero-order chi connectivity index (χ0) is 15.7. The van der Waals surface area contributed by atoms with Crippen LogP contribution in [0.1, 0.15) is 6.23 Å². The van der Waals surface area contributed by atoms with Crippen LogP contribution in [0.5, 0.6) is 0 Å². The molecule has 0 unspecified atom stereocenters. The van der Waals surface area contributed by atoms with E-state index in [0.29, 0.717) is 32.1 Å². The molecule has 0 aromatic carbocycles. The van der Waals surface area contributed by atoms with Gasteiger partial charge in [-0.05, 0) is 6.07 Å². The zero-order valence-corrected chi connectivity index (χ0v) is 11.9. The number of ether oxygens (including phenoxy) is 2. The van der Waals surface area contributed by atoms with E-state index in [-0.39, 0.29) is 0 Å². The van der Waals surface area contributed by atoms with Crippen molar-refractivity contribution >= 4 is 5.82 Å². The van der Waals surface area contributed by atoms with Crippen LogP contribution < -0.4 is 10.6 Å². The molecule has 0 bridgehead atoms. The fourth-order valence-corrected chi connectivity index (χ4v) is 2.68. The van der Waals surface area contributed by atoms with Gasteiger partial charge in [-0.15, -0.1) is 0 Å². The molecule has 4 atom stereocenters. The van der Waals surface area contributed by atoms with E-state index in [9.17, 15) is 15.0 Å². The van der Waals surface area contributed by atoms with Gasteiger partial charge in [-0.1, -0.05) is 0 Å². The number of nitrogens with zero attached hydrogens (tertiary/aromatic N) is 3. The normalized spacial score (nSPS) is 32.4. The molecular formula is C13H19N3O6. The summed E-state index contributed by atoms with van der Waals surface area (Å²) in [7, 11) is 0. The number of hydrogen-bond donors (Lipinski definition) is 3. The molecular weight excluding hydrogens is 294 g/mol. The van der Waals surface area contributed by atoms with Crippen LogP contribution in [0.4, 0.5) is 5.82 Å². The summed E-state index contributed by atoms with van der Waals surface area (Å²) >= 11 is 0. The number of hydrogen-bond acceptors (Lipinski definition) is 8. The number of aliphatic hydroxyl groups is 3. The molecule has 0 saturated carbocycles. The highest BCUT2D eigenvalue weighted by molar-refractivity contribution is 5.36. The van der Waals surface area contributed by atoms with E-state index in [1.807, 2.05) is 4.90 Å². The fraction of sp³-hybridized carbons (Fsp3) is 0.692. The van der Waals surface area contributed by atoms with E-state index in [1.54, 1.807) is 6.07 Å². The summed E-state index contributed by atoms with van der Waals surface area (Å²) < 4.78 is 11.7. The van der Waals surface area contributed by atoms with Gasteiger partial charge in [-0.3, -0.25) is 4.57 Å². The van der Waals surface area contributed by atoms with Crippen LogP contribution >= 0.6 is 0 Å². The second-order valence-corrected chi connectivity index (χ2v) is 5.30. The van der Waals surface area contributed by atoms with Gasteiger partial charge < -0.3 is 29.7 Å². The maximum atomic E-state index is 12.2. The third-order valence-electron chi connectivity index (χ3n) is 3.94. The number of morpholine rings is 1. The maximum Gasteiger partial charge on any atom is 0.351 e. The largest absolute Gasteiger partial charge is 0.394 e. The molecule has 2 fully saturated rings. The third kappa shape index (κ3) is 2.73. The van der Waals surface area contributed by atoms with Gasteiger partial charge in [0.1, 0.15) is 24.1 Å². The monoisotopic (exact) mass is 313 g/mol. The first-order chi connectivity index (χ1) is 10.6. The number of anilines is 1. The molecule has 3 N–H and O–H groups in total. The lowest BCUT2D eigenvalue weighted by molar-refractivity contribution is -0.0549. The number of rotatable bonds is 3. The molecule has 2 aliphatic rings. The number of aromatic nitrogens is 2. The molecule has 3 rings (SSSR count). The molecule has 9 heteroatoms. The van der Waals surface area contributed by atoms with Gasteiger partial charge in [0.2, 0.25) is 0 Å². The predicted molar refractivity (Wildman–Crippen MR) is 74.5 cm³/mol. The Morgan fingerprint density at radius 1 is 1.27 bits per heavy atom. The van der Waals surface area contributed by atoms with Crippen molar-refractivity contribution in [1.29, 1.82) is 0 Å². The van der Waals surface area contributed by atoms with Gasteiger partial charge in [0.25, 0.3) is 0 Å². The molecule has 9 nitrogen and oxygen atoms in total. The first-order valence-electron chi connectivity index (χ1n) is 7.16. The van der Waals surface area contributed by atoms with Gasteiger partial charge in [-0.25, -0.2) is 4.79 Å². The maximum absolute atomic E-state index is 12.2.